The number of thioether (sulfide) groups is 1. The number of para-hydroxylation sites is 1. The van der Waals surface area contributed by atoms with Crippen molar-refractivity contribution in [3.05, 3.63) is 50.6 Å². The van der Waals surface area contributed by atoms with E-state index in [4.69, 9.17) is 9.47 Å². The molecular weight excluding hydrogens is 454 g/mol. The lowest BCUT2D eigenvalue weighted by atomic mass is 10.1. The third kappa shape index (κ3) is 5.17. The number of aromatic amines is 1. The number of H-pyrrole nitrogens is 1. The summed E-state index contributed by atoms with van der Waals surface area (Å²) in [5.41, 5.74) is 0.735. The highest BCUT2D eigenvalue weighted by Crippen LogP contribution is 2.34. The van der Waals surface area contributed by atoms with Gasteiger partial charge in [-0.1, -0.05) is 23.9 Å². The van der Waals surface area contributed by atoms with Gasteiger partial charge in [0.1, 0.15) is 9.88 Å². The SMILES string of the molecule is CCOC(=O)c1sc(NC(=O)CSc2nc3ccccc3c(=O)[nH]2)c(C(=O)OCC)c1C. The molecule has 0 aliphatic rings. The van der Waals surface area contributed by atoms with Crippen LogP contribution in [0.3, 0.4) is 0 Å². The standard InChI is InChI=1S/C21H21N3O6S2/c1-4-29-19(27)15-11(3)16(20(28)30-5-2)32-18(15)23-14(25)10-31-21-22-13-9-7-6-8-12(13)17(26)24-21/h6-9H,4-5,10H2,1-3H3,(H,23,25)(H,22,24,26). The van der Waals surface area contributed by atoms with Crippen molar-refractivity contribution in [3.63, 3.8) is 0 Å². The van der Waals surface area contributed by atoms with Gasteiger partial charge in [-0.2, -0.15) is 0 Å². The molecule has 0 atom stereocenters. The summed E-state index contributed by atoms with van der Waals surface area (Å²) in [6.07, 6.45) is 0. The Bertz CT molecular complexity index is 1230. The highest BCUT2D eigenvalue weighted by Gasteiger charge is 2.27. The topological polar surface area (TPSA) is 127 Å². The lowest BCUT2D eigenvalue weighted by molar-refractivity contribution is -0.113. The number of carbonyl (C=O) groups is 3. The number of aromatic nitrogens is 2. The van der Waals surface area contributed by atoms with Crippen molar-refractivity contribution in [1.29, 1.82) is 0 Å². The maximum atomic E-state index is 12.6. The Balaban J connectivity index is 1.79. The molecule has 9 nitrogen and oxygen atoms in total. The van der Waals surface area contributed by atoms with Crippen LogP contribution in [0.5, 0.6) is 0 Å². The minimum absolute atomic E-state index is 0.0742. The van der Waals surface area contributed by atoms with E-state index in [1.54, 1.807) is 45.0 Å². The molecule has 3 rings (SSSR count). The van der Waals surface area contributed by atoms with E-state index in [9.17, 15) is 19.2 Å². The van der Waals surface area contributed by atoms with Crippen molar-refractivity contribution in [2.75, 3.05) is 24.3 Å². The molecule has 3 aromatic rings. The van der Waals surface area contributed by atoms with Gasteiger partial charge in [-0.3, -0.25) is 9.59 Å². The quantitative estimate of drug-likeness (QED) is 0.288. The molecule has 11 heteroatoms. The number of anilines is 1. The predicted octanol–water partition coefficient (Wildman–Crippen LogP) is 3.38. The lowest BCUT2D eigenvalue weighted by Crippen LogP contribution is -2.17. The zero-order chi connectivity index (χ0) is 23.3. The molecule has 0 radical (unpaired) electrons. The third-order valence-electron chi connectivity index (χ3n) is 4.27. The third-order valence-corrected chi connectivity index (χ3v) is 6.33. The van der Waals surface area contributed by atoms with Gasteiger partial charge in [-0.25, -0.2) is 14.6 Å². The normalized spacial score (nSPS) is 10.7. The molecule has 2 heterocycles. The molecule has 0 saturated carbocycles. The largest absolute Gasteiger partial charge is 0.462 e. The van der Waals surface area contributed by atoms with E-state index in [0.717, 1.165) is 23.1 Å². The summed E-state index contributed by atoms with van der Waals surface area (Å²) in [6.45, 7) is 5.27. The van der Waals surface area contributed by atoms with E-state index < -0.39 is 17.8 Å². The van der Waals surface area contributed by atoms with Gasteiger partial charge in [0.2, 0.25) is 5.91 Å². The van der Waals surface area contributed by atoms with E-state index in [-0.39, 0.29) is 40.0 Å². The van der Waals surface area contributed by atoms with Crippen LogP contribution < -0.4 is 10.9 Å². The highest BCUT2D eigenvalue weighted by molar-refractivity contribution is 7.99. The summed E-state index contributed by atoms with van der Waals surface area (Å²) in [6, 6.07) is 6.90. The average Bonchev–Trinajstić information content (AvgIpc) is 3.08. The first-order valence-electron chi connectivity index (χ1n) is 9.75. The molecule has 0 unspecified atom stereocenters. The Kier molecular flexibility index (Phi) is 7.65. The second kappa shape index (κ2) is 10.4. The van der Waals surface area contributed by atoms with E-state index in [0.29, 0.717) is 21.6 Å². The number of hydrogen-bond acceptors (Lipinski definition) is 9. The second-order valence-corrected chi connectivity index (χ2v) is 8.41. The molecule has 0 aliphatic carbocycles. The number of nitrogens with one attached hydrogen (secondary N) is 2. The minimum atomic E-state index is -0.639. The number of hydrogen-bond donors (Lipinski definition) is 2. The van der Waals surface area contributed by atoms with Crippen LogP contribution >= 0.6 is 23.1 Å². The number of rotatable bonds is 8. The number of amides is 1. The second-order valence-electron chi connectivity index (χ2n) is 6.43. The zero-order valence-corrected chi connectivity index (χ0v) is 19.3. The van der Waals surface area contributed by atoms with E-state index >= 15 is 0 Å². The van der Waals surface area contributed by atoms with Crippen molar-refractivity contribution in [1.82, 2.24) is 9.97 Å². The Labute approximate surface area is 191 Å². The van der Waals surface area contributed by atoms with Crippen LogP contribution in [-0.2, 0) is 14.3 Å². The fraction of sp³-hybridized carbons (Fsp3) is 0.286. The van der Waals surface area contributed by atoms with Gasteiger partial charge in [0.05, 0.1) is 35.4 Å². The van der Waals surface area contributed by atoms with Gasteiger partial charge in [-0.05, 0) is 38.5 Å². The first-order valence-corrected chi connectivity index (χ1v) is 11.5. The molecule has 2 aromatic heterocycles. The summed E-state index contributed by atoms with van der Waals surface area (Å²) in [4.78, 5) is 56.6. The molecule has 0 saturated heterocycles. The van der Waals surface area contributed by atoms with Crippen molar-refractivity contribution in [2.24, 2.45) is 0 Å². The van der Waals surface area contributed by atoms with Gasteiger partial charge in [0.25, 0.3) is 5.56 Å². The van der Waals surface area contributed by atoms with Crippen LogP contribution in [-0.4, -0.2) is 46.8 Å². The van der Waals surface area contributed by atoms with Gasteiger partial charge in [0, 0.05) is 0 Å². The number of thiophene rings is 1. The van der Waals surface area contributed by atoms with Crippen LogP contribution in [0.1, 0.15) is 39.4 Å². The van der Waals surface area contributed by atoms with Crippen LogP contribution in [0.2, 0.25) is 0 Å². The number of ether oxygens (including phenoxy) is 2. The van der Waals surface area contributed by atoms with Gasteiger partial charge in [0.15, 0.2) is 5.16 Å². The molecule has 168 valence electrons. The van der Waals surface area contributed by atoms with Crippen molar-refractivity contribution in [3.8, 4) is 0 Å². The van der Waals surface area contributed by atoms with Gasteiger partial charge < -0.3 is 19.8 Å². The molecule has 2 N–H and O–H groups in total. The van der Waals surface area contributed by atoms with Crippen LogP contribution in [0.15, 0.2) is 34.2 Å². The van der Waals surface area contributed by atoms with E-state index in [1.165, 1.54) is 0 Å². The van der Waals surface area contributed by atoms with Crippen LogP contribution in [0.25, 0.3) is 10.9 Å². The maximum Gasteiger partial charge on any atom is 0.348 e. The zero-order valence-electron chi connectivity index (χ0n) is 17.6. The number of fused-ring (bicyclic) bond motifs is 1. The summed E-state index contributed by atoms with van der Waals surface area (Å²) < 4.78 is 10.1. The van der Waals surface area contributed by atoms with Gasteiger partial charge in [-0.15, -0.1) is 11.3 Å². The monoisotopic (exact) mass is 475 g/mol. The summed E-state index contributed by atoms with van der Waals surface area (Å²) in [7, 11) is 0. The summed E-state index contributed by atoms with van der Waals surface area (Å²) in [5.74, 6) is -1.73. The Hall–Kier alpha value is -3.18. The molecule has 0 aliphatic heterocycles. The molecule has 0 spiro atoms. The number of esters is 2. The lowest BCUT2D eigenvalue weighted by Gasteiger charge is -2.07. The fourth-order valence-corrected chi connectivity index (χ4v) is 4.64. The Morgan fingerprint density at radius 3 is 2.53 bits per heavy atom. The molecule has 32 heavy (non-hydrogen) atoms. The van der Waals surface area contributed by atoms with Crippen LogP contribution in [0.4, 0.5) is 5.00 Å². The van der Waals surface area contributed by atoms with Crippen molar-refractivity contribution >= 4 is 56.8 Å². The fourth-order valence-electron chi connectivity index (χ4n) is 2.87. The van der Waals surface area contributed by atoms with Gasteiger partial charge >= 0.3 is 11.9 Å². The van der Waals surface area contributed by atoms with E-state index in [2.05, 4.69) is 15.3 Å². The molecule has 0 bridgehead atoms. The predicted molar refractivity (Wildman–Crippen MR) is 123 cm³/mol. The summed E-state index contributed by atoms with van der Waals surface area (Å²) in [5, 5.41) is 3.62. The molecular formula is C21H21N3O6S2. The number of carbonyl (C=O) groups excluding carboxylic acids is 3. The average molecular weight is 476 g/mol. The first-order chi connectivity index (χ1) is 15.3. The summed E-state index contributed by atoms with van der Waals surface area (Å²) >= 11 is 2.00. The molecule has 1 aromatic carbocycles. The molecule has 1 amide bonds. The highest BCUT2D eigenvalue weighted by atomic mass is 32.2. The number of nitrogens with zero attached hydrogens (tertiary/aromatic N) is 1. The maximum absolute atomic E-state index is 12.6. The molecule has 0 fully saturated rings. The van der Waals surface area contributed by atoms with Crippen molar-refractivity contribution in [2.45, 2.75) is 25.9 Å². The van der Waals surface area contributed by atoms with Crippen LogP contribution in [0, 0.1) is 6.92 Å². The number of benzene rings is 1. The van der Waals surface area contributed by atoms with E-state index in [1.807, 2.05) is 0 Å². The Morgan fingerprint density at radius 2 is 1.81 bits per heavy atom. The minimum Gasteiger partial charge on any atom is -0.462 e. The van der Waals surface area contributed by atoms with Crippen molar-refractivity contribution < 1.29 is 23.9 Å². The first kappa shape index (κ1) is 23.5. The smallest absolute Gasteiger partial charge is 0.348 e. The Morgan fingerprint density at radius 1 is 1.12 bits per heavy atom.